The smallest absolute Gasteiger partial charge is 0.405 e. The van der Waals surface area contributed by atoms with Crippen molar-refractivity contribution in [3.63, 3.8) is 0 Å². The van der Waals surface area contributed by atoms with Crippen molar-refractivity contribution in [2.24, 2.45) is 0 Å². The molecule has 0 aromatic heterocycles. The summed E-state index contributed by atoms with van der Waals surface area (Å²) in [4.78, 5) is 13.0. The summed E-state index contributed by atoms with van der Waals surface area (Å²) in [5, 5.41) is 5.72. The van der Waals surface area contributed by atoms with Crippen LogP contribution >= 0.6 is 15.9 Å². The Kier molecular flexibility index (Phi) is 4.81. The largest absolute Gasteiger partial charge is 0.573 e. The van der Waals surface area contributed by atoms with Gasteiger partial charge >= 0.3 is 12.4 Å². The van der Waals surface area contributed by atoms with Gasteiger partial charge in [-0.3, -0.25) is 0 Å². The molecule has 21 heavy (non-hydrogen) atoms. The van der Waals surface area contributed by atoms with Crippen LogP contribution in [-0.4, -0.2) is 43.5 Å². The van der Waals surface area contributed by atoms with Gasteiger partial charge in [-0.25, -0.2) is 4.79 Å². The Bertz CT molecular complexity index is 525. The molecule has 1 saturated heterocycles. The maximum Gasteiger partial charge on any atom is 0.573 e. The first kappa shape index (κ1) is 15.7. The predicted octanol–water partition coefficient (Wildman–Crippen LogP) is 2.78. The number of halogens is 4. The number of alkyl halides is 3. The van der Waals surface area contributed by atoms with Crippen LogP contribution in [0.1, 0.15) is 0 Å². The van der Waals surface area contributed by atoms with Crippen LogP contribution in [0.4, 0.5) is 23.7 Å². The summed E-state index contributed by atoms with van der Waals surface area (Å²) in [7, 11) is 0. The summed E-state index contributed by atoms with van der Waals surface area (Å²) in [6.45, 7) is 2.31. The normalized spacial score (nSPS) is 15.0. The van der Waals surface area contributed by atoms with E-state index in [2.05, 4.69) is 31.3 Å². The Morgan fingerprint density at radius 3 is 2.76 bits per heavy atom. The Morgan fingerprint density at radius 1 is 1.43 bits per heavy atom. The summed E-state index contributed by atoms with van der Waals surface area (Å²) >= 11 is 3.03. The average molecular weight is 368 g/mol. The number of carbonyl (C=O) groups is 1. The fourth-order valence-corrected chi connectivity index (χ4v) is 2.34. The summed E-state index contributed by atoms with van der Waals surface area (Å²) in [6.07, 6.45) is -4.72. The topological polar surface area (TPSA) is 53.6 Å². The summed E-state index contributed by atoms with van der Waals surface area (Å²) in [5.74, 6) is -0.299. The predicted molar refractivity (Wildman–Crippen MR) is 74.3 cm³/mol. The lowest BCUT2D eigenvalue weighted by molar-refractivity contribution is -0.274. The number of benzene rings is 1. The van der Waals surface area contributed by atoms with Crippen molar-refractivity contribution in [3.05, 3.63) is 22.7 Å². The third-order valence-electron chi connectivity index (χ3n) is 2.81. The Labute approximate surface area is 127 Å². The standard InChI is InChI=1S/C12H13BrF3N3O2/c13-9-7-8(1-2-10(9)21-12(14,15)16)17-3-5-19-6-4-18-11(19)20/h1-2,7,17H,3-6H2,(H,18,20). The van der Waals surface area contributed by atoms with E-state index in [0.29, 0.717) is 31.9 Å². The minimum atomic E-state index is -4.72. The SMILES string of the molecule is O=C1NCCN1CCNc1ccc(OC(F)(F)F)c(Br)c1. The Balaban J connectivity index is 1.87. The molecule has 1 aromatic carbocycles. The van der Waals surface area contributed by atoms with Crippen LogP contribution in [0.3, 0.4) is 0 Å². The van der Waals surface area contributed by atoms with E-state index in [1.165, 1.54) is 18.2 Å². The van der Waals surface area contributed by atoms with Gasteiger partial charge in [0, 0.05) is 31.9 Å². The van der Waals surface area contributed by atoms with Gasteiger partial charge in [-0.15, -0.1) is 13.2 Å². The van der Waals surface area contributed by atoms with Crippen LogP contribution in [0.5, 0.6) is 5.75 Å². The molecule has 0 bridgehead atoms. The molecule has 2 rings (SSSR count). The molecule has 0 saturated carbocycles. The molecule has 1 aliphatic rings. The molecule has 0 atom stereocenters. The third-order valence-corrected chi connectivity index (χ3v) is 3.43. The second-order valence-corrected chi connectivity index (χ2v) is 5.19. The zero-order valence-corrected chi connectivity index (χ0v) is 12.4. The molecule has 0 radical (unpaired) electrons. The average Bonchev–Trinajstić information content (AvgIpc) is 2.77. The lowest BCUT2D eigenvalue weighted by atomic mass is 10.3. The zero-order valence-electron chi connectivity index (χ0n) is 10.8. The van der Waals surface area contributed by atoms with E-state index in [-0.39, 0.29) is 16.3 Å². The number of amides is 2. The van der Waals surface area contributed by atoms with E-state index in [4.69, 9.17) is 0 Å². The molecule has 2 amide bonds. The number of nitrogens with one attached hydrogen (secondary N) is 2. The first-order valence-corrected chi connectivity index (χ1v) is 6.96. The van der Waals surface area contributed by atoms with Crippen molar-refractivity contribution in [2.75, 3.05) is 31.5 Å². The fraction of sp³-hybridized carbons (Fsp3) is 0.417. The van der Waals surface area contributed by atoms with Gasteiger partial charge in [-0.1, -0.05) is 0 Å². The van der Waals surface area contributed by atoms with Gasteiger partial charge in [0.1, 0.15) is 5.75 Å². The van der Waals surface area contributed by atoms with E-state index in [0.717, 1.165) is 0 Å². The van der Waals surface area contributed by atoms with Gasteiger partial charge in [0.2, 0.25) is 0 Å². The molecular formula is C12H13BrF3N3O2. The summed E-state index contributed by atoms with van der Waals surface area (Å²) < 4.78 is 40.4. The van der Waals surface area contributed by atoms with Gasteiger partial charge in [0.05, 0.1) is 4.47 Å². The highest BCUT2D eigenvalue weighted by Crippen LogP contribution is 2.32. The molecule has 5 nitrogen and oxygen atoms in total. The molecular weight excluding hydrogens is 355 g/mol. The van der Waals surface area contributed by atoms with Gasteiger partial charge in [0.25, 0.3) is 0 Å². The monoisotopic (exact) mass is 367 g/mol. The second-order valence-electron chi connectivity index (χ2n) is 4.34. The molecule has 0 unspecified atom stereocenters. The highest BCUT2D eigenvalue weighted by Gasteiger charge is 2.31. The van der Waals surface area contributed by atoms with E-state index >= 15 is 0 Å². The van der Waals surface area contributed by atoms with Gasteiger partial charge in [-0.05, 0) is 34.1 Å². The maximum atomic E-state index is 12.1. The number of urea groups is 1. The number of hydrogen-bond donors (Lipinski definition) is 2. The number of nitrogens with zero attached hydrogens (tertiary/aromatic N) is 1. The van der Waals surface area contributed by atoms with Gasteiger partial charge in [0.15, 0.2) is 0 Å². The van der Waals surface area contributed by atoms with Crippen LogP contribution in [-0.2, 0) is 0 Å². The molecule has 9 heteroatoms. The maximum absolute atomic E-state index is 12.1. The van der Waals surface area contributed by atoms with Crippen LogP contribution in [0.25, 0.3) is 0 Å². The molecule has 2 N–H and O–H groups in total. The van der Waals surface area contributed by atoms with E-state index in [1.807, 2.05) is 0 Å². The zero-order chi connectivity index (χ0) is 15.5. The van der Waals surface area contributed by atoms with Crippen molar-refractivity contribution in [3.8, 4) is 5.75 Å². The number of carbonyl (C=O) groups excluding carboxylic acids is 1. The quantitative estimate of drug-likeness (QED) is 0.841. The van der Waals surface area contributed by atoms with Crippen LogP contribution in [0, 0.1) is 0 Å². The minimum absolute atomic E-state index is 0.105. The van der Waals surface area contributed by atoms with Crippen LogP contribution in [0.15, 0.2) is 22.7 Å². The Hall–Kier alpha value is -1.64. The molecule has 0 aliphatic carbocycles. The molecule has 0 spiro atoms. The van der Waals surface area contributed by atoms with Crippen molar-refractivity contribution < 1.29 is 22.7 Å². The van der Waals surface area contributed by atoms with E-state index in [9.17, 15) is 18.0 Å². The van der Waals surface area contributed by atoms with E-state index in [1.54, 1.807) is 4.90 Å². The van der Waals surface area contributed by atoms with Crippen molar-refractivity contribution >= 4 is 27.6 Å². The number of anilines is 1. The van der Waals surface area contributed by atoms with Gasteiger partial charge < -0.3 is 20.3 Å². The summed E-state index contributed by atoms with van der Waals surface area (Å²) in [6, 6.07) is 4.09. The number of ether oxygens (including phenoxy) is 1. The molecule has 1 aliphatic heterocycles. The molecule has 1 aromatic rings. The highest BCUT2D eigenvalue weighted by molar-refractivity contribution is 9.10. The lowest BCUT2D eigenvalue weighted by Gasteiger charge is -2.16. The van der Waals surface area contributed by atoms with Gasteiger partial charge in [-0.2, -0.15) is 0 Å². The molecule has 1 fully saturated rings. The lowest BCUT2D eigenvalue weighted by Crippen LogP contribution is -2.32. The Morgan fingerprint density at radius 2 is 2.19 bits per heavy atom. The van der Waals surface area contributed by atoms with E-state index < -0.39 is 6.36 Å². The van der Waals surface area contributed by atoms with Crippen molar-refractivity contribution in [1.82, 2.24) is 10.2 Å². The van der Waals surface area contributed by atoms with Crippen molar-refractivity contribution in [2.45, 2.75) is 6.36 Å². The second kappa shape index (κ2) is 6.42. The first-order chi connectivity index (χ1) is 9.85. The first-order valence-electron chi connectivity index (χ1n) is 6.17. The summed E-state index contributed by atoms with van der Waals surface area (Å²) in [5.41, 5.74) is 0.635. The number of rotatable bonds is 5. The van der Waals surface area contributed by atoms with Crippen LogP contribution < -0.4 is 15.4 Å². The highest BCUT2D eigenvalue weighted by atomic mass is 79.9. The minimum Gasteiger partial charge on any atom is -0.405 e. The number of hydrogen-bond acceptors (Lipinski definition) is 3. The fourth-order valence-electron chi connectivity index (χ4n) is 1.88. The third kappa shape index (κ3) is 4.69. The molecule has 1 heterocycles. The van der Waals surface area contributed by atoms with Crippen molar-refractivity contribution in [1.29, 1.82) is 0 Å². The molecule has 116 valence electrons. The van der Waals surface area contributed by atoms with Crippen LogP contribution in [0.2, 0.25) is 0 Å².